The van der Waals surface area contributed by atoms with E-state index < -0.39 is 0 Å². The van der Waals surface area contributed by atoms with Gasteiger partial charge in [0.05, 0.1) is 0 Å². The SMILES string of the molecule is c1ccc(C2c3ccccc3-c3cc(-c4ccc5c(c4)C(c4ccc6cc(-c7ccc8oc9ccccc9c8c7)ccc6c4)c4ccccc4-5)ccc32)cc1. The fraction of sp³-hybridized carbons (Fsp3) is 0.0370. The predicted octanol–water partition coefficient (Wildman–Crippen LogP) is 14.4. The first kappa shape index (κ1) is 30.5. The van der Waals surface area contributed by atoms with Crippen molar-refractivity contribution < 1.29 is 4.42 Å². The summed E-state index contributed by atoms with van der Waals surface area (Å²) >= 11 is 0. The molecule has 0 bridgehead atoms. The molecule has 0 radical (unpaired) electrons. The van der Waals surface area contributed by atoms with E-state index in [1.54, 1.807) is 0 Å². The number of para-hydroxylation sites is 1. The molecule has 0 N–H and O–H groups in total. The third-order valence-corrected chi connectivity index (χ3v) is 12.2. The molecule has 9 aromatic carbocycles. The van der Waals surface area contributed by atoms with E-state index in [0.717, 1.165) is 21.9 Å². The minimum atomic E-state index is 0.157. The molecule has 2 atom stereocenters. The van der Waals surface area contributed by atoms with Crippen molar-refractivity contribution >= 4 is 32.7 Å². The molecule has 12 rings (SSSR count). The van der Waals surface area contributed by atoms with Gasteiger partial charge in [-0.25, -0.2) is 0 Å². The maximum absolute atomic E-state index is 6.11. The fourth-order valence-electron chi connectivity index (χ4n) is 9.66. The summed E-state index contributed by atoms with van der Waals surface area (Å²) in [5.41, 5.74) is 20.3. The molecular weight excluding hydrogens is 665 g/mol. The van der Waals surface area contributed by atoms with Crippen molar-refractivity contribution in [3.8, 4) is 44.5 Å². The summed E-state index contributed by atoms with van der Waals surface area (Å²) in [6.45, 7) is 0. The van der Waals surface area contributed by atoms with Crippen LogP contribution >= 0.6 is 0 Å². The lowest BCUT2D eigenvalue weighted by Crippen LogP contribution is -2.00. The molecule has 1 heteroatoms. The van der Waals surface area contributed by atoms with Gasteiger partial charge in [0.1, 0.15) is 11.2 Å². The highest BCUT2D eigenvalue weighted by Crippen LogP contribution is 2.52. The van der Waals surface area contributed by atoms with Gasteiger partial charge in [-0.1, -0.05) is 158 Å². The summed E-state index contributed by atoms with van der Waals surface area (Å²) in [5, 5.41) is 4.81. The summed E-state index contributed by atoms with van der Waals surface area (Å²) in [4.78, 5) is 0. The number of benzene rings is 9. The second kappa shape index (κ2) is 11.8. The van der Waals surface area contributed by atoms with Gasteiger partial charge in [-0.15, -0.1) is 0 Å². The van der Waals surface area contributed by atoms with Crippen LogP contribution in [0.2, 0.25) is 0 Å². The van der Waals surface area contributed by atoms with E-state index in [1.165, 1.54) is 88.7 Å². The van der Waals surface area contributed by atoms with Crippen LogP contribution in [-0.4, -0.2) is 0 Å². The number of furan rings is 1. The van der Waals surface area contributed by atoms with E-state index in [-0.39, 0.29) is 11.8 Å². The Morgan fingerprint density at radius 3 is 1.73 bits per heavy atom. The highest BCUT2D eigenvalue weighted by Gasteiger charge is 2.32. The zero-order chi connectivity index (χ0) is 36.0. The molecule has 256 valence electrons. The minimum Gasteiger partial charge on any atom is -0.456 e. The average molecular weight is 699 g/mol. The lowest BCUT2D eigenvalue weighted by Gasteiger charge is -2.17. The Kier molecular flexibility index (Phi) is 6.53. The van der Waals surface area contributed by atoms with E-state index in [4.69, 9.17) is 4.42 Å². The average Bonchev–Trinajstić information content (AvgIpc) is 3.90. The summed E-state index contributed by atoms with van der Waals surface area (Å²) in [7, 11) is 0. The van der Waals surface area contributed by atoms with Crippen LogP contribution in [0.15, 0.2) is 199 Å². The van der Waals surface area contributed by atoms with Crippen LogP contribution in [-0.2, 0) is 0 Å². The Morgan fingerprint density at radius 1 is 0.291 bits per heavy atom. The molecule has 0 amide bonds. The topological polar surface area (TPSA) is 13.1 Å². The monoisotopic (exact) mass is 698 g/mol. The summed E-state index contributed by atoms with van der Waals surface area (Å²) in [6, 6.07) is 71.9. The molecule has 0 saturated carbocycles. The highest BCUT2D eigenvalue weighted by atomic mass is 16.3. The van der Waals surface area contributed by atoms with Crippen LogP contribution in [0.3, 0.4) is 0 Å². The van der Waals surface area contributed by atoms with Gasteiger partial charge in [0.2, 0.25) is 0 Å². The molecule has 10 aromatic rings. The van der Waals surface area contributed by atoms with E-state index in [2.05, 4.69) is 182 Å². The van der Waals surface area contributed by atoms with Crippen LogP contribution in [0.1, 0.15) is 45.2 Å². The number of fused-ring (bicyclic) bond motifs is 10. The lowest BCUT2D eigenvalue weighted by molar-refractivity contribution is 0.669. The molecule has 2 aliphatic carbocycles. The molecule has 0 spiro atoms. The van der Waals surface area contributed by atoms with E-state index >= 15 is 0 Å². The summed E-state index contributed by atoms with van der Waals surface area (Å²) in [5.74, 6) is 0.412. The lowest BCUT2D eigenvalue weighted by atomic mass is 9.86. The Balaban J connectivity index is 0.934. The molecular formula is C54H34O. The predicted molar refractivity (Wildman–Crippen MR) is 228 cm³/mol. The standard InChI is InChI=1S/C54H34O/c1-2-10-33(11-3-1)53-46-16-7-5-13-42(46)48-30-37(23-26-47(48)53)38-22-25-43-41-12-4-6-15-45(41)54(50(43)32-38)40-21-20-34-28-35(18-19-36(34)29-40)39-24-27-52-49(31-39)44-14-8-9-17-51(44)55-52/h1-32,53-54H. The van der Waals surface area contributed by atoms with Crippen LogP contribution in [0.25, 0.3) is 77.2 Å². The molecule has 55 heavy (non-hydrogen) atoms. The van der Waals surface area contributed by atoms with Crippen molar-refractivity contribution in [2.24, 2.45) is 0 Å². The molecule has 1 nitrogen and oxygen atoms in total. The van der Waals surface area contributed by atoms with E-state index in [9.17, 15) is 0 Å². The second-order valence-corrected chi connectivity index (χ2v) is 15.2. The quantitative estimate of drug-likeness (QED) is 0.178. The van der Waals surface area contributed by atoms with Crippen molar-refractivity contribution in [2.45, 2.75) is 11.8 Å². The van der Waals surface area contributed by atoms with Gasteiger partial charge in [-0.05, 0) is 125 Å². The third kappa shape index (κ3) is 4.66. The number of hydrogen-bond donors (Lipinski definition) is 0. The van der Waals surface area contributed by atoms with Gasteiger partial charge >= 0.3 is 0 Å². The first-order chi connectivity index (χ1) is 27.2. The van der Waals surface area contributed by atoms with E-state index in [0.29, 0.717) is 0 Å². The van der Waals surface area contributed by atoms with Crippen LogP contribution in [0.4, 0.5) is 0 Å². The van der Waals surface area contributed by atoms with Gasteiger partial charge in [-0.2, -0.15) is 0 Å². The van der Waals surface area contributed by atoms with Gasteiger partial charge in [0.15, 0.2) is 0 Å². The van der Waals surface area contributed by atoms with Gasteiger partial charge in [0.25, 0.3) is 0 Å². The van der Waals surface area contributed by atoms with E-state index in [1.807, 2.05) is 12.1 Å². The maximum atomic E-state index is 6.11. The van der Waals surface area contributed by atoms with Crippen LogP contribution < -0.4 is 0 Å². The number of hydrogen-bond acceptors (Lipinski definition) is 1. The first-order valence-corrected chi connectivity index (χ1v) is 19.2. The van der Waals surface area contributed by atoms with Crippen molar-refractivity contribution in [3.63, 3.8) is 0 Å². The van der Waals surface area contributed by atoms with Crippen LogP contribution in [0.5, 0.6) is 0 Å². The van der Waals surface area contributed by atoms with Gasteiger partial charge < -0.3 is 4.42 Å². The normalized spacial score (nSPS) is 15.3. The molecule has 0 aliphatic heterocycles. The Hall–Kier alpha value is -6.96. The largest absolute Gasteiger partial charge is 0.456 e. The van der Waals surface area contributed by atoms with Crippen LogP contribution in [0, 0.1) is 0 Å². The van der Waals surface area contributed by atoms with Gasteiger partial charge in [-0.3, -0.25) is 0 Å². The minimum absolute atomic E-state index is 0.157. The zero-order valence-corrected chi connectivity index (χ0v) is 30.0. The Labute approximate surface area is 319 Å². The molecule has 1 aromatic heterocycles. The Bertz CT molecular complexity index is 3160. The van der Waals surface area contributed by atoms with Crippen molar-refractivity contribution in [1.29, 1.82) is 0 Å². The highest BCUT2D eigenvalue weighted by molar-refractivity contribution is 6.06. The molecule has 0 fully saturated rings. The Morgan fingerprint density at radius 2 is 0.855 bits per heavy atom. The molecule has 2 unspecified atom stereocenters. The third-order valence-electron chi connectivity index (χ3n) is 12.2. The number of rotatable bonds is 4. The summed E-state index contributed by atoms with van der Waals surface area (Å²) < 4.78 is 6.11. The fourth-order valence-corrected chi connectivity index (χ4v) is 9.66. The summed E-state index contributed by atoms with van der Waals surface area (Å²) in [6.07, 6.45) is 0. The van der Waals surface area contributed by atoms with Crippen molar-refractivity contribution in [3.05, 3.63) is 228 Å². The van der Waals surface area contributed by atoms with Crippen molar-refractivity contribution in [2.75, 3.05) is 0 Å². The van der Waals surface area contributed by atoms with Gasteiger partial charge in [0, 0.05) is 22.6 Å². The maximum Gasteiger partial charge on any atom is 0.135 e. The van der Waals surface area contributed by atoms with Crippen molar-refractivity contribution in [1.82, 2.24) is 0 Å². The second-order valence-electron chi connectivity index (χ2n) is 15.2. The zero-order valence-electron chi connectivity index (χ0n) is 30.0. The first-order valence-electron chi connectivity index (χ1n) is 19.2. The smallest absolute Gasteiger partial charge is 0.135 e. The molecule has 0 saturated heterocycles. The molecule has 1 heterocycles. The molecule has 2 aliphatic rings.